The minimum atomic E-state index is -4.70. The molecule has 1 aliphatic rings. The monoisotopic (exact) mass is 403 g/mol. The Kier molecular flexibility index (Phi) is 5.20. The summed E-state index contributed by atoms with van der Waals surface area (Å²) in [7, 11) is -3.21. The number of fused-ring (bicyclic) bond motifs is 1. The van der Waals surface area contributed by atoms with E-state index < -0.39 is 40.3 Å². The van der Waals surface area contributed by atoms with Crippen molar-refractivity contribution < 1.29 is 26.4 Å². The zero-order valence-corrected chi connectivity index (χ0v) is 15.6. The van der Waals surface area contributed by atoms with Crippen LogP contribution in [0.5, 0.6) is 0 Å². The summed E-state index contributed by atoms with van der Waals surface area (Å²) in [6, 6.07) is 5.60. The molecule has 148 valence electrons. The maximum Gasteiger partial charge on any atom is 0.449 e. The molecule has 0 N–H and O–H groups in total. The first-order valence-corrected chi connectivity index (χ1v) is 10.5. The molecule has 1 saturated heterocycles. The van der Waals surface area contributed by atoms with Crippen molar-refractivity contribution >= 4 is 26.8 Å². The van der Waals surface area contributed by atoms with E-state index in [1.807, 2.05) is 6.92 Å². The summed E-state index contributed by atoms with van der Waals surface area (Å²) in [5, 5.41) is 0. The minimum absolute atomic E-state index is 0.00698. The van der Waals surface area contributed by atoms with Gasteiger partial charge in [0.1, 0.15) is 6.54 Å². The highest BCUT2D eigenvalue weighted by molar-refractivity contribution is 7.91. The third kappa shape index (κ3) is 4.10. The lowest BCUT2D eigenvalue weighted by atomic mass is 10.2. The van der Waals surface area contributed by atoms with E-state index in [9.17, 15) is 26.4 Å². The van der Waals surface area contributed by atoms with Crippen LogP contribution in [-0.4, -0.2) is 52.9 Å². The number of rotatable bonds is 5. The maximum absolute atomic E-state index is 13.4. The van der Waals surface area contributed by atoms with Crippen LogP contribution in [0.1, 0.15) is 25.6 Å². The molecule has 1 aromatic heterocycles. The highest BCUT2D eigenvalue weighted by Gasteiger charge is 2.39. The molecule has 0 spiro atoms. The highest BCUT2D eigenvalue weighted by Crippen LogP contribution is 2.31. The number of imidazole rings is 1. The van der Waals surface area contributed by atoms with Crippen LogP contribution in [0, 0.1) is 0 Å². The number of carbonyl (C=O) groups excluding carboxylic acids is 1. The predicted molar refractivity (Wildman–Crippen MR) is 93.8 cm³/mol. The Balaban J connectivity index is 1.94. The Bertz CT molecular complexity index is 953. The van der Waals surface area contributed by atoms with Gasteiger partial charge in [0.15, 0.2) is 9.84 Å². The van der Waals surface area contributed by atoms with Crippen molar-refractivity contribution in [3.05, 3.63) is 30.1 Å². The third-order valence-corrected chi connectivity index (χ3v) is 6.39. The molecule has 6 nitrogen and oxygen atoms in total. The van der Waals surface area contributed by atoms with E-state index in [4.69, 9.17) is 0 Å². The van der Waals surface area contributed by atoms with Crippen LogP contribution in [0.3, 0.4) is 0 Å². The molecule has 1 amide bonds. The molecule has 10 heteroatoms. The van der Waals surface area contributed by atoms with Gasteiger partial charge in [0.2, 0.25) is 11.7 Å². The average molecular weight is 403 g/mol. The number of nitrogens with zero attached hydrogens (tertiary/aromatic N) is 3. The standard InChI is InChI=1S/C17H20F3N3O3S/c1-2-8-22(12-7-9-27(25,26)11-12)15(24)10-23-14-6-4-3-5-13(14)21-16(23)17(18,19)20/h3-6,12H,2,7-11H2,1H3/t12-/m1/s1. The number of hydrogen-bond donors (Lipinski definition) is 0. The smallest absolute Gasteiger partial charge is 0.337 e. The number of alkyl halides is 3. The molecule has 0 saturated carbocycles. The van der Waals surface area contributed by atoms with E-state index in [0.717, 1.165) is 4.57 Å². The zero-order chi connectivity index (χ0) is 19.8. The van der Waals surface area contributed by atoms with Gasteiger partial charge in [-0.05, 0) is 25.0 Å². The molecule has 0 unspecified atom stereocenters. The van der Waals surface area contributed by atoms with Crippen LogP contribution in [0.2, 0.25) is 0 Å². The van der Waals surface area contributed by atoms with Gasteiger partial charge in [-0.1, -0.05) is 19.1 Å². The SMILES string of the molecule is CCCN(C(=O)Cn1c(C(F)(F)F)nc2ccccc21)[C@@H]1CCS(=O)(=O)C1. The number of carbonyl (C=O) groups is 1. The summed E-state index contributed by atoms with van der Waals surface area (Å²) in [6.07, 6.45) is -3.81. The molecule has 1 atom stereocenters. The Hall–Kier alpha value is -2.10. The van der Waals surface area contributed by atoms with Gasteiger partial charge in [-0.25, -0.2) is 13.4 Å². The molecule has 0 aliphatic carbocycles. The van der Waals surface area contributed by atoms with Gasteiger partial charge in [0, 0.05) is 12.6 Å². The highest BCUT2D eigenvalue weighted by atomic mass is 32.2. The number of sulfone groups is 1. The quantitative estimate of drug-likeness (QED) is 0.769. The third-order valence-electron chi connectivity index (χ3n) is 4.64. The topological polar surface area (TPSA) is 72.3 Å². The van der Waals surface area contributed by atoms with Gasteiger partial charge >= 0.3 is 6.18 Å². The second kappa shape index (κ2) is 7.14. The normalized spacial score (nSPS) is 19.5. The van der Waals surface area contributed by atoms with Crippen molar-refractivity contribution in [1.29, 1.82) is 0 Å². The lowest BCUT2D eigenvalue weighted by Crippen LogP contribution is -2.43. The van der Waals surface area contributed by atoms with Gasteiger partial charge in [-0.3, -0.25) is 4.79 Å². The Morgan fingerprint density at radius 3 is 2.63 bits per heavy atom. The van der Waals surface area contributed by atoms with E-state index in [1.54, 1.807) is 12.1 Å². The molecule has 3 rings (SSSR count). The summed E-state index contributed by atoms with van der Waals surface area (Å²) >= 11 is 0. The molecule has 0 bridgehead atoms. The second-order valence-corrected chi connectivity index (χ2v) is 8.88. The van der Waals surface area contributed by atoms with Gasteiger partial charge < -0.3 is 9.47 Å². The second-order valence-electron chi connectivity index (χ2n) is 6.65. The summed E-state index contributed by atoms with van der Waals surface area (Å²) in [6.45, 7) is 1.59. The van der Waals surface area contributed by atoms with Crippen LogP contribution in [0.4, 0.5) is 13.2 Å². The molecule has 1 fully saturated rings. The van der Waals surface area contributed by atoms with E-state index in [0.29, 0.717) is 19.4 Å². The number of aromatic nitrogens is 2. The zero-order valence-electron chi connectivity index (χ0n) is 14.7. The van der Waals surface area contributed by atoms with E-state index in [2.05, 4.69) is 4.98 Å². The fraction of sp³-hybridized carbons (Fsp3) is 0.529. The maximum atomic E-state index is 13.4. The van der Waals surface area contributed by atoms with E-state index >= 15 is 0 Å². The van der Waals surface area contributed by atoms with Crippen molar-refractivity contribution in [2.75, 3.05) is 18.1 Å². The summed E-state index contributed by atoms with van der Waals surface area (Å²) < 4.78 is 64.6. The molecule has 1 aliphatic heterocycles. The first-order valence-electron chi connectivity index (χ1n) is 8.64. The number of hydrogen-bond acceptors (Lipinski definition) is 4. The van der Waals surface area contributed by atoms with E-state index in [1.165, 1.54) is 17.0 Å². The summed E-state index contributed by atoms with van der Waals surface area (Å²) in [5.41, 5.74) is 0.372. The van der Waals surface area contributed by atoms with Crippen molar-refractivity contribution in [3.8, 4) is 0 Å². The molecule has 0 radical (unpaired) electrons. The Morgan fingerprint density at radius 1 is 1.33 bits per heavy atom. The molecular weight excluding hydrogens is 383 g/mol. The van der Waals surface area contributed by atoms with Gasteiger partial charge in [-0.15, -0.1) is 0 Å². The van der Waals surface area contributed by atoms with Crippen LogP contribution in [-0.2, 0) is 27.4 Å². The van der Waals surface area contributed by atoms with Crippen LogP contribution in [0.25, 0.3) is 11.0 Å². The largest absolute Gasteiger partial charge is 0.449 e. The predicted octanol–water partition coefficient (Wildman–Crippen LogP) is 2.48. The molecule has 2 aromatic rings. The molecule has 1 aromatic carbocycles. The number of benzene rings is 1. The Morgan fingerprint density at radius 2 is 2.04 bits per heavy atom. The van der Waals surface area contributed by atoms with Crippen LogP contribution >= 0.6 is 0 Å². The van der Waals surface area contributed by atoms with Crippen LogP contribution in [0.15, 0.2) is 24.3 Å². The van der Waals surface area contributed by atoms with E-state index in [-0.39, 0.29) is 22.5 Å². The fourth-order valence-electron chi connectivity index (χ4n) is 3.45. The van der Waals surface area contributed by atoms with Crippen molar-refractivity contribution in [2.24, 2.45) is 0 Å². The average Bonchev–Trinajstić information content (AvgIpc) is 3.13. The van der Waals surface area contributed by atoms with Crippen molar-refractivity contribution in [2.45, 2.75) is 38.5 Å². The lowest BCUT2D eigenvalue weighted by molar-refractivity contribution is -0.148. The van der Waals surface area contributed by atoms with Gasteiger partial charge in [0.25, 0.3) is 0 Å². The van der Waals surface area contributed by atoms with Crippen LogP contribution < -0.4 is 0 Å². The van der Waals surface area contributed by atoms with Gasteiger partial charge in [-0.2, -0.15) is 13.2 Å². The number of halogens is 3. The Labute approximate surface area is 154 Å². The van der Waals surface area contributed by atoms with Crippen molar-refractivity contribution in [3.63, 3.8) is 0 Å². The number of amides is 1. The molecule has 2 heterocycles. The summed E-state index contributed by atoms with van der Waals surface area (Å²) in [4.78, 5) is 17.9. The molecule has 27 heavy (non-hydrogen) atoms. The van der Waals surface area contributed by atoms with Gasteiger partial charge in [0.05, 0.1) is 22.5 Å². The first kappa shape index (κ1) is 19.7. The lowest BCUT2D eigenvalue weighted by Gasteiger charge is -2.28. The minimum Gasteiger partial charge on any atom is -0.337 e. The summed E-state index contributed by atoms with van der Waals surface area (Å²) in [5.74, 6) is -1.82. The molecular formula is C17H20F3N3O3S. The number of para-hydroxylation sites is 2. The first-order chi connectivity index (χ1) is 12.6. The van der Waals surface area contributed by atoms with Crippen molar-refractivity contribution in [1.82, 2.24) is 14.5 Å². The fourth-order valence-corrected chi connectivity index (χ4v) is 5.18.